The standard InChI is InChI=1S/C11H12BrNO3S/c12-8-4-7(5-17-8)9(14)13-6-11(10(15)16)2-1-3-11/h4-5H,1-3,6H2,(H,13,14)(H,15,16). The zero-order valence-electron chi connectivity index (χ0n) is 9.03. The fourth-order valence-corrected chi connectivity index (χ4v) is 2.99. The van der Waals surface area contributed by atoms with E-state index in [1.54, 1.807) is 11.4 Å². The fraction of sp³-hybridized carbons (Fsp3) is 0.455. The molecular formula is C11H12BrNO3S. The Morgan fingerprint density at radius 3 is 2.65 bits per heavy atom. The lowest BCUT2D eigenvalue weighted by Gasteiger charge is -2.37. The van der Waals surface area contributed by atoms with Gasteiger partial charge in [-0.05, 0) is 34.8 Å². The molecule has 0 unspecified atom stereocenters. The minimum atomic E-state index is -0.810. The number of carbonyl (C=O) groups is 2. The van der Waals surface area contributed by atoms with Crippen LogP contribution in [0.25, 0.3) is 0 Å². The van der Waals surface area contributed by atoms with Crippen molar-refractivity contribution >= 4 is 39.1 Å². The van der Waals surface area contributed by atoms with Crippen molar-refractivity contribution in [2.45, 2.75) is 19.3 Å². The highest BCUT2D eigenvalue weighted by Crippen LogP contribution is 2.40. The maximum atomic E-state index is 11.7. The zero-order valence-corrected chi connectivity index (χ0v) is 11.4. The van der Waals surface area contributed by atoms with Gasteiger partial charge in [-0.3, -0.25) is 9.59 Å². The van der Waals surface area contributed by atoms with Crippen LogP contribution in [0.15, 0.2) is 15.2 Å². The summed E-state index contributed by atoms with van der Waals surface area (Å²) in [5, 5.41) is 13.6. The van der Waals surface area contributed by atoms with Crippen molar-refractivity contribution in [2.24, 2.45) is 5.41 Å². The molecule has 0 aliphatic heterocycles. The molecule has 1 aromatic heterocycles. The summed E-state index contributed by atoms with van der Waals surface area (Å²) in [5.74, 6) is -1.02. The SMILES string of the molecule is O=C(NCC1(C(=O)O)CCC1)c1csc(Br)c1. The van der Waals surface area contributed by atoms with Gasteiger partial charge in [-0.2, -0.15) is 0 Å². The first-order chi connectivity index (χ1) is 8.03. The third-order valence-corrected chi connectivity index (χ3v) is 4.69. The molecule has 92 valence electrons. The Labute approximate surface area is 111 Å². The number of halogens is 1. The number of thiophene rings is 1. The molecule has 0 spiro atoms. The molecule has 1 aromatic rings. The zero-order chi connectivity index (χ0) is 12.5. The van der Waals surface area contributed by atoms with Crippen LogP contribution in [-0.2, 0) is 4.79 Å². The van der Waals surface area contributed by atoms with Gasteiger partial charge >= 0.3 is 5.97 Å². The van der Waals surface area contributed by atoms with Crippen molar-refractivity contribution in [1.82, 2.24) is 5.32 Å². The Kier molecular flexibility index (Phi) is 3.53. The van der Waals surface area contributed by atoms with Gasteiger partial charge in [0.2, 0.25) is 0 Å². The number of hydrogen-bond acceptors (Lipinski definition) is 3. The van der Waals surface area contributed by atoms with E-state index >= 15 is 0 Å². The van der Waals surface area contributed by atoms with E-state index in [9.17, 15) is 9.59 Å². The molecule has 4 nitrogen and oxygen atoms in total. The lowest BCUT2D eigenvalue weighted by atomic mass is 9.69. The molecule has 2 rings (SSSR count). The van der Waals surface area contributed by atoms with E-state index in [0.717, 1.165) is 10.2 Å². The van der Waals surface area contributed by atoms with E-state index in [1.807, 2.05) is 0 Å². The smallest absolute Gasteiger partial charge is 0.311 e. The van der Waals surface area contributed by atoms with Crippen molar-refractivity contribution in [3.8, 4) is 0 Å². The summed E-state index contributed by atoms with van der Waals surface area (Å²) in [6, 6.07) is 1.73. The Hall–Kier alpha value is -0.880. The molecule has 17 heavy (non-hydrogen) atoms. The second-order valence-corrected chi connectivity index (χ2v) is 6.55. The van der Waals surface area contributed by atoms with Gasteiger partial charge in [0, 0.05) is 11.9 Å². The average molecular weight is 318 g/mol. The molecule has 0 saturated heterocycles. The maximum absolute atomic E-state index is 11.7. The Morgan fingerprint density at radius 2 is 2.24 bits per heavy atom. The predicted molar refractivity (Wildman–Crippen MR) is 68.3 cm³/mol. The monoisotopic (exact) mass is 317 g/mol. The summed E-state index contributed by atoms with van der Waals surface area (Å²) in [6.45, 7) is 0.217. The van der Waals surface area contributed by atoms with Crippen LogP contribution < -0.4 is 5.32 Å². The second-order valence-electron chi connectivity index (χ2n) is 4.26. The molecule has 1 aliphatic rings. The molecule has 1 amide bonds. The number of hydrogen-bond donors (Lipinski definition) is 2. The van der Waals surface area contributed by atoms with Crippen molar-refractivity contribution in [1.29, 1.82) is 0 Å². The number of amides is 1. The minimum absolute atomic E-state index is 0.209. The molecule has 2 N–H and O–H groups in total. The van der Waals surface area contributed by atoms with Crippen LogP contribution in [0.4, 0.5) is 0 Å². The lowest BCUT2D eigenvalue weighted by Crippen LogP contribution is -2.47. The quantitative estimate of drug-likeness (QED) is 0.896. The first-order valence-electron chi connectivity index (χ1n) is 5.29. The van der Waals surface area contributed by atoms with Crippen LogP contribution in [0.1, 0.15) is 29.6 Å². The van der Waals surface area contributed by atoms with E-state index in [1.165, 1.54) is 11.3 Å². The molecule has 6 heteroatoms. The van der Waals surface area contributed by atoms with Crippen LogP contribution in [0.5, 0.6) is 0 Å². The summed E-state index contributed by atoms with van der Waals surface area (Å²) in [7, 11) is 0. The summed E-state index contributed by atoms with van der Waals surface area (Å²) < 4.78 is 0.888. The van der Waals surface area contributed by atoms with Crippen molar-refractivity contribution in [3.63, 3.8) is 0 Å². The Morgan fingerprint density at radius 1 is 1.53 bits per heavy atom. The van der Waals surface area contributed by atoms with E-state index in [4.69, 9.17) is 5.11 Å². The van der Waals surface area contributed by atoms with Crippen molar-refractivity contribution in [2.75, 3.05) is 6.54 Å². The minimum Gasteiger partial charge on any atom is -0.481 e. The molecule has 1 fully saturated rings. The summed E-state index contributed by atoms with van der Waals surface area (Å²) in [5.41, 5.74) is -0.162. The van der Waals surface area contributed by atoms with Crippen molar-refractivity contribution in [3.05, 3.63) is 20.8 Å². The predicted octanol–water partition coefficient (Wildman–Crippen LogP) is 2.50. The van der Waals surface area contributed by atoms with E-state index < -0.39 is 11.4 Å². The molecule has 0 aromatic carbocycles. The van der Waals surface area contributed by atoms with Crippen LogP contribution in [-0.4, -0.2) is 23.5 Å². The van der Waals surface area contributed by atoms with Gasteiger partial charge in [0.05, 0.1) is 14.8 Å². The highest BCUT2D eigenvalue weighted by Gasteiger charge is 2.44. The van der Waals surface area contributed by atoms with Crippen LogP contribution >= 0.6 is 27.3 Å². The molecule has 1 aliphatic carbocycles. The topological polar surface area (TPSA) is 66.4 Å². The van der Waals surface area contributed by atoms with Gasteiger partial charge in [0.15, 0.2) is 0 Å². The van der Waals surface area contributed by atoms with Crippen LogP contribution in [0.3, 0.4) is 0 Å². The van der Waals surface area contributed by atoms with Crippen molar-refractivity contribution < 1.29 is 14.7 Å². The summed E-state index contributed by atoms with van der Waals surface area (Å²) >= 11 is 4.72. The largest absolute Gasteiger partial charge is 0.481 e. The lowest BCUT2D eigenvalue weighted by molar-refractivity contribution is -0.153. The highest BCUT2D eigenvalue weighted by atomic mass is 79.9. The molecule has 0 bridgehead atoms. The Bertz CT molecular complexity index is 453. The number of carboxylic acid groups (broad SMARTS) is 1. The number of carbonyl (C=O) groups excluding carboxylic acids is 1. The van der Waals surface area contributed by atoms with Crippen LogP contribution in [0, 0.1) is 5.41 Å². The number of aliphatic carboxylic acids is 1. The first-order valence-corrected chi connectivity index (χ1v) is 6.96. The van der Waals surface area contributed by atoms with E-state index in [2.05, 4.69) is 21.2 Å². The van der Waals surface area contributed by atoms with E-state index in [0.29, 0.717) is 18.4 Å². The normalized spacial score (nSPS) is 17.2. The van der Waals surface area contributed by atoms with Gasteiger partial charge in [0.1, 0.15) is 0 Å². The van der Waals surface area contributed by atoms with E-state index in [-0.39, 0.29) is 12.5 Å². The van der Waals surface area contributed by atoms with Gasteiger partial charge in [-0.1, -0.05) is 6.42 Å². The molecule has 0 radical (unpaired) electrons. The second kappa shape index (κ2) is 4.78. The number of nitrogens with one attached hydrogen (secondary N) is 1. The molecular weight excluding hydrogens is 306 g/mol. The fourth-order valence-electron chi connectivity index (χ4n) is 1.85. The summed E-state index contributed by atoms with van der Waals surface area (Å²) in [6.07, 6.45) is 2.22. The highest BCUT2D eigenvalue weighted by molar-refractivity contribution is 9.11. The third-order valence-electron chi connectivity index (χ3n) is 3.18. The molecule has 0 atom stereocenters. The summed E-state index contributed by atoms with van der Waals surface area (Å²) in [4.78, 5) is 22.8. The first kappa shape index (κ1) is 12.6. The van der Waals surface area contributed by atoms with Gasteiger partial charge in [-0.15, -0.1) is 11.3 Å². The molecule has 1 saturated carbocycles. The van der Waals surface area contributed by atoms with Gasteiger partial charge in [0.25, 0.3) is 5.91 Å². The van der Waals surface area contributed by atoms with Gasteiger partial charge < -0.3 is 10.4 Å². The number of rotatable bonds is 4. The maximum Gasteiger partial charge on any atom is 0.311 e. The third kappa shape index (κ3) is 2.52. The Balaban J connectivity index is 1.94. The van der Waals surface area contributed by atoms with Crippen LogP contribution in [0.2, 0.25) is 0 Å². The average Bonchev–Trinajstić information content (AvgIpc) is 2.62. The van der Waals surface area contributed by atoms with Gasteiger partial charge in [-0.25, -0.2) is 0 Å². The number of carboxylic acids is 1. The molecule has 1 heterocycles.